The normalized spacial score (nSPS) is 13.2. The van der Waals surface area contributed by atoms with E-state index in [9.17, 15) is 0 Å². The Morgan fingerprint density at radius 3 is 2.14 bits per heavy atom. The van der Waals surface area contributed by atoms with Crippen molar-refractivity contribution in [2.75, 3.05) is 0 Å². The van der Waals surface area contributed by atoms with E-state index >= 15 is 0 Å². The first-order chi connectivity index (χ1) is 9.93. The van der Waals surface area contributed by atoms with Crippen LogP contribution in [-0.2, 0) is 11.8 Å². The Morgan fingerprint density at radius 1 is 0.952 bits per heavy atom. The molecule has 2 N–H and O–H groups in total. The summed E-state index contributed by atoms with van der Waals surface area (Å²) in [6.07, 6.45) is 2.31. The van der Waals surface area contributed by atoms with Gasteiger partial charge in [0.05, 0.1) is 6.04 Å². The van der Waals surface area contributed by atoms with Gasteiger partial charge >= 0.3 is 0 Å². The van der Waals surface area contributed by atoms with Gasteiger partial charge in [0.1, 0.15) is 0 Å². The summed E-state index contributed by atoms with van der Waals surface area (Å²) >= 11 is 0. The first-order valence-electron chi connectivity index (χ1n) is 7.87. The van der Waals surface area contributed by atoms with Crippen LogP contribution in [0, 0.1) is 0 Å². The molecule has 1 atom stereocenters. The second kappa shape index (κ2) is 6.44. The second-order valence-corrected chi connectivity index (χ2v) is 6.81. The van der Waals surface area contributed by atoms with Crippen molar-refractivity contribution in [2.24, 2.45) is 5.73 Å². The zero-order valence-corrected chi connectivity index (χ0v) is 13.7. The van der Waals surface area contributed by atoms with E-state index in [1.54, 1.807) is 0 Å². The number of hydrogen-bond acceptors (Lipinski definition) is 1. The zero-order chi connectivity index (χ0) is 15.5. The highest BCUT2D eigenvalue weighted by atomic mass is 14.6. The highest BCUT2D eigenvalue weighted by Gasteiger charge is 2.21. The topological polar surface area (TPSA) is 26.0 Å². The minimum absolute atomic E-state index is 0.0592. The maximum absolute atomic E-state index is 6.54. The molecule has 0 aliphatic heterocycles. The average molecular weight is 281 g/mol. The van der Waals surface area contributed by atoms with E-state index in [1.165, 1.54) is 28.7 Å². The van der Waals surface area contributed by atoms with Crippen LogP contribution in [0.25, 0.3) is 0 Å². The molecule has 0 aliphatic carbocycles. The Hall–Kier alpha value is -1.60. The quantitative estimate of drug-likeness (QED) is 0.840. The van der Waals surface area contributed by atoms with Crippen molar-refractivity contribution >= 4 is 0 Å². The molecule has 1 heteroatoms. The fourth-order valence-corrected chi connectivity index (χ4v) is 2.81. The van der Waals surface area contributed by atoms with Crippen molar-refractivity contribution in [1.29, 1.82) is 0 Å². The third kappa shape index (κ3) is 3.74. The number of benzene rings is 2. The fourth-order valence-electron chi connectivity index (χ4n) is 2.81. The average Bonchev–Trinajstić information content (AvgIpc) is 2.47. The van der Waals surface area contributed by atoms with Crippen molar-refractivity contribution in [3.05, 3.63) is 70.8 Å². The minimum Gasteiger partial charge on any atom is -0.320 e. The van der Waals surface area contributed by atoms with Crippen LogP contribution >= 0.6 is 0 Å². The summed E-state index contributed by atoms with van der Waals surface area (Å²) in [5.41, 5.74) is 11.8. The molecular formula is C20H27N. The third-order valence-corrected chi connectivity index (χ3v) is 3.98. The van der Waals surface area contributed by atoms with Crippen LogP contribution in [0.5, 0.6) is 0 Å². The monoisotopic (exact) mass is 281 g/mol. The van der Waals surface area contributed by atoms with Crippen molar-refractivity contribution in [1.82, 2.24) is 0 Å². The summed E-state index contributed by atoms with van der Waals surface area (Å²) in [5.74, 6) is 0. The molecule has 112 valence electrons. The first-order valence-corrected chi connectivity index (χ1v) is 7.87. The van der Waals surface area contributed by atoms with Crippen molar-refractivity contribution in [3.8, 4) is 0 Å². The van der Waals surface area contributed by atoms with E-state index in [1.807, 2.05) is 0 Å². The summed E-state index contributed by atoms with van der Waals surface area (Å²) in [6, 6.07) is 17.2. The lowest BCUT2D eigenvalue weighted by Gasteiger charge is -2.26. The van der Waals surface area contributed by atoms with Gasteiger partial charge in [0.25, 0.3) is 0 Å². The van der Waals surface area contributed by atoms with Gasteiger partial charge in [0.2, 0.25) is 0 Å². The summed E-state index contributed by atoms with van der Waals surface area (Å²) < 4.78 is 0. The zero-order valence-electron chi connectivity index (χ0n) is 13.7. The summed E-state index contributed by atoms with van der Waals surface area (Å²) in [4.78, 5) is 0. The van der Waals surface area contributed by atoms with E-state index in [4.69, 9.17) is 5.73 Å². The predicted octanol–water partition coefficient (Wildman–Crippen LogP) is 4.98. The molecule has 0 saturated carbocycles. The van der Waals surface area contributed by atoms with Gasteiger partial charge in [0.15, 0.2) is 0 Å². The SMILES string of the molecule is CCCc1ccc(C(N)c2ccccc2C(C)(C)C)cc1. The molecule has 0 bridgehead atoms. The highest BCUT2D eigenvalue weighted by molar-refractivity contribution is 5.41. The summed E-state index contributed by atoms with van der Waals surface area (Å²) in [7, 11) is 0. The van der Waals surface area contributed by atoms with E-state index < -0.39 is 0 Å². The van der Waals surface area contributed by atoms with Gasteiger partial charge in [-0.05, 0) is 34.1 Å². The van der Waals surface area contributed by atoms with Gasteiger partial charge in [-0.1, -0.05) is 82.6 Å². The number of rotatable bonds is 4. The molecule has 2 aromatic rings. The Kier molecular flexibility index (Phi) is 4.84. The number of aryl methyl sites for hydroxylation is 1. The van der Waals surface area contributed by atoms with Crippen LogP contribution in [0.2, 0.25) is 0 Å². The smallest absolute Gasteiger partial charge is 0.0554 e. The molecule has 0 aliphatic rings. The maximum Gasteiger partial charge on any atom is 0.0554 e. The molecule has 21 heavy (non-hydrogen) atoms. The summed E-state index contributed by atoms with van der Waals surface area (Å²) in [5, 5.41) is 0. The highest BCUT2D eigenvalue weighted by Crippen LogP contribution is 2.31. The second-order valence-electron chi connectivity index (χ2n) is 6.81. The third-order valence-electron chi connectivity index (χ3n) is 3.98. The minimum atomic E-state index is -0.0592. The van der Waals surface area contributed by atoms with E-state index in [0.717, 1.165) is 6.42 Å². The Labute approximate surface area is 129 Å². The lowest BCUT2D eigenvalue weighted by molar-refractivity contribution is 0.578. The molecule has 0 amide bonds. The standard InChI is InChI=1S/C20H27N/c1-5-8-15-11-13-16(14-12-15)19(21)17-9-6-7-10-18(17)20(2,3)4/h6-7,9-14,19H,5,8,21H2,1-4H3. The van der Waals surface area contributed by atoms with E-state index in [2.05, 4.69) is 76.2 Å². The van der Waals surface area contributed by atoms with Gasteiger partial charge < -0.3 is 5.73 Å². The lowest BCUT2D eigenvalue weighted by Crippen LogP contribution is -2.20. The Bertz CT molecular complexity index is 576. The molecule has 0 spiro atoms. The van der Waals surface area contributed by atoms with Crippen LogP contribution in [0.15, 0.2) is 48.5 Å². The largest absolute Gasteiger partial charge is 0.320 e. The fraction of sp³-hybridized carbons (Fsp3) is 0.400. The van der Waals surface area contributed by atoms with Gasteiger partial charge in [-0.15, -0.1) is 0 Å². The van der Waals surface area contributed by atoms with Gasteiger partial charge in [-0.3, -0.25) is 0 Å². The van der Waals surface area contributed by atoms with Crippen LogP contribution in [0.4, 0.5) is 0 Å². The summed E-state index contributed by atoms with van der Waals surface area (Å²) in [6.45, 7) is 8.92. The van der Waals surface area contributed by atoms with Gasteiger partial charge in [-0.25, -0.2) is 0 Å². The molecule has 0 saturated heterocycles. The van der Waals surface area contributed by atoms with Crippen molar-refractivity contribution in [2.45, 2.75) is 52.0 Å². The van der Waals surface area contributed by atoms with E-state index in [0.29, 0.717) is 0 Å². The molecular weight excluding hydrogens is 254 g/mol. The molecule has 0 radical (unpaired) electrons. The molecule has 0 aromatic heterocycles. The van der Waals surface area contributed by atoms with Crippen LogP contribution in [0.1, 0.15) is 62.4 Å². The Balaban J connectivity index is 2.34. The Morgan fingerprint density at radius 2 is 1.57 bits per heavy atom. The molecule has 0 heterocycles. The van der Waals surface area contributed by atoms with Crippen LogP contribution in [0.3, 0.4) is 0 Å². The van der Waals surface area contributed by atoms with E-state index in [-0.39, 0.29) is 11.5 Å². The lowest BCUT2D eigenvalue weighted by atomic mass is 9.81. The van der Waals surface area contributed by atoms with Gasteiger partial charge in [0, 0.05) is 0 Å². The molecule has 1 unspecified atom stereocenters. The maximum atomic E-state index is 6.54. The van der Waals surface area contributed by atoms with Crippen molar-refractivity contribution in [3.63, 3.8) is 0 Å². The van der Waals surface area contributed by atoms with Crippen molar-refractivity contribution < 1.29 is 0 Å². The molecule has 0 fully saturated rings. The van der Waals surface area contributed by atoms with Crippen LogP contribution < -0.4 is 5.73 Å². The molecule has 2 aromatic carbocycles. The van der Waals surface area contributed by atoms with Gasteiger partial charge in [-0.2, -0.15) is 0 Å². The predicted molar refractivity (Wildman–Crippen MR) is 91.6 cm³/mol. The van der Waals surface area contributed by atoms with Crippen LogP contribution in [-0.4, -0.2) is 0 Å². The first kappa shape index (κ1) is 15.8. The number of hydrogen-bond donors (Lipinski definition) is 1. The molecule has 1 nitrogen and oxygen atoms in total. The number of nitrogens with two attached hydrogens (primary N) is 1. The molecule has 2 rings (SSSR count).